The molecule has 280 valence electrons. The minimum absolute atomic E-state index is 0.0405. The van der Waals surface area contributed by atoms with Crippen LogP contribution in [-0.4, -0.2) is 80.0 Å². The van der Waals surface area contributed by atoms with E-state index in [-0.39, 0.29) is 42.9 Å². The second-order valence-corrected chi connectivity index (χ2v) is 14.1. The maximum absolute atomic E-state index is 13.8. The Bertz CT molecular complexity index is 1710. The Morgan fingerprint density at radius 2 is 1.55 bits per heavy atom. The molecule has 3 aromatic rings. The number of hydrogen-bond donors (Lipinski definition) is 4. The van der Waals surface area contributed by atoms with Crippen molar-refractivity contribution in [2.45, 2.75) is 76.2 Å². The van der Waals surface area contributed by atoms with Crippen molar-refractivity contribution in [2.24, 2.45) is 16.9 Å². The van der Waals surface area contributed by atoms with Crippen molar-refractivity contribution in [3.8, 4) is 11.1 Å². The number of nitrogens with one attached hydrogen (secondary N) is 4. The van der Waals surface area contributed by atoms with Crippen molar-refractivity contribution in [1.29, 1.82) is 0 Å². The van der Waals surface area contributed by atoms with E-state index in [1.807, 2.05) is 61.5 Å². The highest BCUT2D eigenvalue weighted by Gasteiger charge is 2.42. The summed E-state index contributed by atoms with van der Waals surface area (Å²) >= 11 is 0. The highest BCUT2D eigenvalue weighted by Crippen LogP contribution is 2.44. The van der Waals surface area contributed by atoms with Gasteiger partial charge < -0.3 is 25.4 Å². The molecule has 6 rings (SSSR count). The number of nitrogens with zero attached hydrogens (tertiary/aromatic N) is 2. The van der Waals surface area contributed by atoms with Gasteiger partial charge in [0.1, 0.15) is 12.6 Å². The van der Waals surface area contributed by atoms with Crippen LogP contribution in [0.3, 0.4) is 0 Å². The lowest BCUT2D eigenvalue weighted by Gasteiger charge is -2.27. The van der Waals surface area contributed by atoms with Crippen LogP contribution in [-0.2, 0) is 25.7 Å². The van der Waals surface area contributed by atoms with E-state index in [4.69, 9.17) is 9.47 Å². The summed E-state index contributed by atoms with van der Waals surface area (Å²) in [5.74, 6) is -0.0335. The van der Waals surface area contributed by atoms with E-state index in [1.54, 1.807) is 7.05 Å². The summed E-state index contributed by atoms with van der Waals surface area (Å²) in [5.41, 5.74) is 7.98. The number of urea groups is 1. The molecule has 3 aromatic carbocycles. The Balaban J connectivity index is 1.04. The third-order valence-electron chi connectivity index (χ3n) is 10.7. The molecule has 0 bridgehead atoms. The van der Waals surface area contributed by atoms with Crippen LogP contribution < -0.4 is 21.4 Å². The molecule has 1 saturated heterocycles. The second kappa shape index (κ2) is 18.0. The van der Waals surface area contributed by atoms with Gasteiger partial charge in [-0.25, -0.2) is 15.0 Å². The lowest BCUT2D eigenvalue weighted by Crippen LogP contribution is -2.49. The van der Waals surface area contributed by atoms with Crippen LogP contribution in [0.4, 0.5) is 9.59 Å². The fourth-order valence-electron chi connectivity index (χ4n) is 7.65. The molecule has 2 fully saturated rings. The summed E-state index contributed by atoms with van der Waals surface area (Å²) < 4.78 is 12.2. The third-order valence-corrected chi connectivity index (χ3v) is 10.7. The third kappa shape index (κ3) is 9.42. The molecule has 1 aliphatic heterocycles. The summed E-state index contributed by atoms with van der Waals surface area (Å²) in [6, 6.07) is 24.4. The first kappa shape index (κ1) is 37.5. The average molecular weight is 723 g/mol. The van der Waals surface area contributed by atoms with Crippen molar-refractivity contribution < 1.29 is 28.7 Å². The topological polar surface area (TPSA) is 150 Å². The van der Waals surface area contributed by atoms with Crippen molar-refractivity contribution >= 4 is 30.2 Å². The van der Waals surface area contributed by atoms with E-state index in [2.05, 4.69) is 50.7 Å². The Labute approximate surface area is 311 Å². The van der Waals surface area contributed by atoms with Crippen LogP contribution in [0.5, 0.6) is 0 Å². The fraction of sp³-hybridized carbons (Fsp3) is 0.439. The molecule has 0 aromatic heterocycles. The zero-order valence-corrected chi connectivity index (χ0v) is 30.5. The van der Waals surface area contributed by atoms with E-state index in [9.17, 15) is 19.2 Å². The molecule has 3 atom stereocenters. The summed E-state index contributed by atoms with van der Waals surface area (Å²) in [6.07, 6.45) is 4.73. The van der Waals surface area contributed by atoms with Crippen molar-refractivity contribution in [1.82, 2.24) is 26.3 Å². The smallest absolute Gasteiger partial charge is 0.410 e. The first-order valence-electron chi connectivity index (χ1n) is 18.7. The Morgan fingerprint density at radius 1 is 0.887 bits per heavy atom. The highest BCUT2D eigenvalue weighted by molar-refractivity contribution is 5.89. The maximum Gasteiger partial charge on any atom is 0.410 e. The molecule has 2 aliphatic carbocycles. The first-order chi connectivity index (χ1) is 25.8. The van der Waals surface area contributed by atoms with Gasteiger partial charge in [0.15, 0.2) is 0 Å². The summed E-state index contributed by atoms with van der Waals surface area (Å²) in [6.45, 7) is 3.10. The zero-order chi connectivity index (χ0) is 37.2. The number of amides is 5. The number of likely N-dealkylation sites (tertiary alicyclic amines) is 1. The lowest BCUT2D eigenvalue weighted by molar-refractivity contribution is -0.126. The van der Waals surface area contributed by atoms with Gasteiger partial charge >= 0.3 is 12.1 Å². The number of rotatable bonds is 13. The van der Waals surface area contributed by atoms with Crippen LogP contribution in [0.2, 0.25) is 0 Å². The molecule has 4 N–H and O–H groups in total. The molecule has 12 heteroatoms. The quantitative estimate of drug-likeness (QED) is 0.139. The normalized spacial score (nSPS) is 21.4. The molecular weight excluding hydrogens is 672 g/mol. The van der Waals surface area contributed by atoms with Crippen molar-refractivity contribution in [3.63, 3.8) is 0 Å². The van der Waals surface area contributed by atoms with Gasteiger partial charge in [-0.15, -0.1) is 0 Å². The van der Waals surface area contributed by atoms with Crippen molar-refractivity contribution in [3.05, 3.63) is 95.6 Å². The summed E-state index contributed by atoms with van der Waals surface area (Å²) in [7, 11) is 1.66. The predicted octanol–water partition coefficient (Wildman–Crippen LogP) is 5.33. The number of carbonyl (C=O) groups is 4. The SMILES string of the molecule is CC[C@@H](/C=N/NC(=O)NC[C@H]1CC[C@H](C(=O)NC)CC1)NC(=O)[C@@H]1C[C@@H](OCc2ccccc2)CN1C(=O)OCC1c2ccccc2-c2ccccc21. The van der Waals surface area contributed by atoms with E-state index >= 15 is 0 Å². The summed E-state index contributed by atoms with van der Waals surface area (Å²) in [5, 5.41) is 12.6. The second-order valence-electron chi connectivity index (χ2n) is 14.1. The van der Waals surface area contributed by atoms with Gasteiger partial charge in [-0.05, 0) is 65.8 Å². The van der Waals surface area contributed by atoms with Gasteiger partial charge in [-0.3, -0.25) is 14.5 Å². The van der Waals surface area contributed by atoms with Crippen LogP contribution >= 0.6 is 0 Å². The number of carbonyl (C=O) groups excluding carboxylic acids is 4. The number of fused-ring (bicyclic) bond motifs is 3. The highest BCUT2D eigenvalue weighted by atomic mass is 16.6. The molecule has 3 aliphatic rings. The average Bonchev–Trinajstić information content (AvgIpc) is 3.78. The molecule has 1 heterocycles. The first-order valence-corrected chi connectivity index (χ1v) is 18.7. The zero-order valence-electron chi connectivity index (χ0n) is 30.5. The van der Waals surface area contributed by atoms with Gasteiger partial charge in [-0.1, -0.05) is 85.8 Å². The number of ether oxygens (including phenoxy) is 2. The van der Waals surface area contributed by atoms with E-state index in [1.165, 1.54) is 11.1 Å². The van der Waals surface area contributed by atoms with Crippen LogP contribution in [0.15, 0.2) is 84.0 Å². The minimum atomic E-state index is -0.816. The molecule has 0 unspecified atom stereocenters. The Morgan fingerprint density at radius 3 is 2.21 bits per heavy atom. The molecule has 0 spiro atoms. The molecule has 53 heavy (non-hydrogen) atoms. The number of hydrogen-bond acceptors (Lipinski definition) is 7. The van der Waals surface area contributed by atoms with E-state index < -0.39 is 24.2 Å². The molecule has 5 amide bonds. The van der Waals surface area contributed by atoms with Crippen LogP contribution in [0.1, 0.15) is 68.1 Å². The standard InChI is InChI=1S/C41H50N6O6/c1-3-30(23-44-46-40(50)43-22-27-17-19-29(20-18-27)38(48)42-2)45-39(49)37-21-31(52-25-28-11-5-4-6-12-28)24-47(37)41(51)53-26-36-34-15-9-7-13-32(34)33-14-8-10-16-35(33)36/h4-16,23,27,29-31,36-37H,3,17-22,24-26H2,1-2H3,(H,42,48)(H,45,49)(H2,43,46,50)/b44-23+/t27-,29-,30-,31+,37-/m0/s1. The van der Waals surface area contributed by atoms with Crippen LogP contribution in [0, 0.1) is 11.8 Å². The predicted molar refractivity (Wildman–Crippen MR) is 202 cm³/mol. The van der Waals surface area contributed by atoms with E-state index in [0.717, 1.165) is 53.5 Å². The number of benzene rings is 3. The monoisotopic (exact) mass is 722 g/mol. The minimum Gasteiger partial charge on any atom is -0.448 e. The summed E-state index contributed by atoms with van der Waals surface area (Å²) in [4.78, 5) is 53.4. The van der Waals surface area contributed by atoms with Gasteiger partial charge in [0.25, 0.3) is 0 Å². The maximum atomic E-state index is 13.8. The van der Waals surface area contributed by atoms with Crippen LogP contribution in [0.25, 0.3) is 11.1 Å². The molecular formula is C41H50N6O6. The molecule has 1 saturated carbocycles. The fourth-order valence-corrected chi connectivity index (χ4v) is 7.65. The molecule has 0 radical (unpaired) electrons. The Kier molecular flexibility index (Phi) is 12.7. The van der Waals surface area contributed by atoms with Gasteiger partial charge in [0.05, 0.1) is 25.3 Å². The number of hydrazone groups is 1. The van der Waals surface area contributed by atoms with Gasteiger partial charge in [-0.2, -0.15) is 5.10 Å². The van der Waals surface area contributed by atoms with Crippen molar-refractivity contribution in [2.75, 3.05) is 26.7 Å². The molecule has 12 nitrogen and oxygen atoms in total. The largest absolute Gasteiger partial charge is 0.448 e. The lowest BCUT2D eigenvalue weighted by atomic mass is 9.81. The Hall–Kier alpha value is -5.23. The van der Waals surface area contributed by atoms with Gasteiger partial charge in [0.2, 0.25) is 11.8 Å². The van der Waals surface area contributed by atoms with Gasteiger partial charge in [0, 0.05) is 38.1 Å². The van der Waals surface area contributed by atoms with E-state index in [0.29, 0.717) is 31.9 Å².